The number of hydrogen-bond acceptors (Lipinski definition) is 3. The highest BCUT2D eigenvalue weighted by Gasteiger charge is 2.19. The van der Waals surface area contributed by atoms with E-state index in [0.717, 1.165) is 17.5 Å². The van der Waals surface area contributed by atoms with E-state index in [1.165, 1.54) is 0 Å². The largest absolute Gasteiger partial charge is 0.497 e. The Labute approximate surface area is 135 Å². The number of aryl methyl sites for hydroxylation is 1. The van der Waals surface area contributed by atoms with Gasteiger partial charge in [-0.15, -0.1) is 6.58 Å². The second-order valence-electron chi connectivity index (χ2n) is 5.21. The van der Waals surface area contributed by atoms with Crippen LogP contribution in [-0.2, 0) is 6.54 Å². The summed E-state index contributed by atoms with van der Waals surface area (Å²) < 4.78 is 7.16. The maximum absolute atomic E-state index is 12.9. The molecule has 0 saturated carbocycles. The third kappa shape index (κ3) is 2.88. The van der Waals surface area contributed by atoms with Crippen LogP contribution in [0.5, 0.6) is 5.75 Å². The van der Waals surface area contributed by atoms with Gasteiger partial charge in [0.1, 0.15) is 5.75 Å². The van der Waals surface area contributed by atoms with Crippen LogP contribution in [0.4, 0.5) is 0 Å². The molecule has 0 unspecified atom stereocenters. The number of benzene rings is 2. The molecule has 0 atom stereocenters. The van der Waals surface area contributed by atoms with Crippen LogP contribution in [0.25, 0.3) is 11.0 Å². The molecule has 0 saturated heterocycles. The van der Waals surface area contributed by atoms with Gasteiger partial charge in [-0.3, -0.25) is 4.79 Å². The molecule has 0 amide bonds. The molecular formula is C19H18N2O2. The van der Waals surface area contributed by atoms with Crippen LogP contribution in [0.1, 0.15) is 22.6 Å². The Morgan fingerprint density at radius 1 is 1.26 bits per heavy atom. The molecule has 0 aliphatic heterocycles. The molecule has 0 fully saturated rings. The average molecular weight is 306 g/mol. The Hall–Kier alpha value is -2.88. The number of fused-ring (bicyclic) bond motifs is 1. The molecule has 2 aromatic carbocycles. The van der Waals surface area contributed by atoms with E-state index in [1.807, 2.05) is 47.0 Å². The fourth-order valence-electron chi connectivity index (χ4n) is 2.59. The third-order valence-corrected chi connectivity index (χ3v) is 3.75. The van der Waals surface area contributed by atoms with E-state index in [1.54, 1.807) is 19.2 Å². The van der Waals surface area contributed by atoms with E-state index in [0.29, 0.717) is 23.7 Å². The van der Waals surface area contributed by atoms with E-state index < -0.39 is 0 Å². The number of nitrogens with zero attached hydrogens (tertiary/aromatic N) is 2. The van der Waals surface area contributed by atoms with Crippen LogP contribution < -0.4 is 4.74 Å². The quantitative estimate of drug-likeness (QED) is 0.513. The Bertz CT molecular complexity index is 865. The average Bonchev–Trinajstić information content (AvgIpc) is 2.98. The van der Waals surface area contributed by atoms with Gasteiger partial charge in [0.05, 0.1) is 18.1 Å². The molecule has 1 heterocycles. The van der Waals surface area contributed by atoms with Crippen LogP contribution in [-0.4, -0.2) is 22.4 Å². The van der Waals surface area contributed by atoms with Crippen LogP contribution in [0, 0.1) is 0 Å². The van der Waals surface area contributed by atoms with E-state index in [4.69, 9.17) is 4.74 Å². The van der Waals surface area contributed by atoms with Crippen molar-refractivity contribution in [3.8, 4) is 5.75 Å². The van der Waals surface area contributed by atoms with Gasteiger partial charge in [0.15, 0.2) is 5.82 Å². The summed E-state index contributed by atoms with van der Waals surface area (Å²) in [5.74, 6) is 0.995. The topological polar surface area (TPSA) is 44.1 Å². The van der Waals surface area contributed by atoms with Gasteiger partial charge in [0, 0.05) is 12.1 Å². The predicted molar refractivity (Wildman–Crippen MR) is 91.0 cm³/mol. The zero-order chi connectivity index (χ0) is 16.2. The fourth-order valence-corrected chi connectivity index (χ4v) is 2.59. The zero-order valence-corrected chi connectivity index (χ0v) is 13.0. The predicted octanol–water partition coefficient (Wildman–Crippen LogP) is 3.85. The molecule has 0 aliphatic rings. The standard InChI is InChI=1S/C19H18N2O2/c1-3-4-12-21-17-11-6-5-10-16(17)20-19(21)18(22)14-8-7-9-15(13-14)23-2/h3,5-11,13H,1,4,12H2,2H3. The number of aromatic nitrogens is 2. The maximum atomic E-state index is 12.9. The first-order valence-electron chi connectivity index (χ1n) is 7.49. The normalized spacial score (nSPS) is 10.7. The summed E-state index contributed by atoms with van der Waals surface area (Å²) >= 11 is 0. The molecule has 0 spiro atoms. The van der Waals surface area contributed by atoms with Gasteiger partial charge < -0.3 is 9.30 Å². The number of allylic oxidation sites excluding steroid dienone is 1. The highest BCUT2D eigenvalue weighted by atomic mass is 16.5. The molecule has 0 radical (unpaired) electrons. The van der Waals surface area contributed by atoms with Crippen molar-refractivity contribution in [2.75, 3.05) is 7.11 Å². The highest BCUT2D eigenvalue weighted by Crippen LogP contribution is 2.21. The number of ether oxygens (including phenoxy) is 1. The smallest absolute Gasteiger partial charge is 0.228 e. The number of methoxy groups -OCH3 is 1. The number of rotatable bonds is 6. The lowest BCUT2D eigenvalue weighted by Crippen LogP contribution is -2.11. The lowest BCUT2D eigenvalue weighted by molar-refractivity contribution is 0.102. The minimum absolute atomic E-state index is 0.107. The molecule has 3 rings (SSSR count). The summed E-state index contributed by atoms with van der Waals surface area (Å²) in [5.41, 5.74) is 2.35. The van der Waals surface area contributed by atoms with Gasteiger partial charge in [0.2, 0.25) is 5.78 Å². The van der Waals surface area contributed by atoms with Gasteiger partial charge >= 0.3 is 0 Å². The number of hydrogen-bond donors (Lipinski definition) is 0. The van der Waals surface area contributed by atoms with Crippen molar-refractivity contribution < 1.29 is 9.53 Å². The van der Waals surface area contributed by atoms with Crippen LogP contribution in [0.3, 0.4) is 0 Å². The fraction of sp³-hybridized carbons (Fsp3) is 0.158. The summed E-state index contributed by atoms with van der Waals surface area (Å²) in [4.78, 5) is 17.4. The van der Waals surface area contributed by atoms with E-state index in [9.17, 15) is 4.79 Å². The van der Waals surface area contributed by atoms with Crippen molar-refractivity contribution in [1.29, 1.82) is 0 Å². The third-order valence-electron chi connectivity index (χ3n) is 3.75. The van der Waals surface area contributed by atoms with E-state index in [2.05, 4.69) is 11.6 Å². The highest BCUT2D eigenvalue weighted by molar-refractivity contribution is 6.08. The van der Waals surface area contributed by atoms with Crippen LogP contribution in [0.2, 0.25) is 0 Å². The first kappa shape index (κ1) is 15.0. The number of imidazole rings is 1. The summed E-state index contributed by atoms with van der Waals surface area (Å²) in [6, 6.07) is 14.9. The lowest BCUT2D eigenvalue weighted by atomic mass is 10.1. The minimum atomic E-state index is -0.107. The maximum Gasteiger partial charge on any atom is 0.228 e. The molecule has 0 aliphatic carbocycles. The second kappa shape index (κ2) is 6.48. The molecule has 1 aromatic heterocycles. The summed E-state index contributed by atoms with van der Waals surface area (Å²) in [6.07, 6.45) is 2.62. The monoisotopic (exact) mass is 306 g/mol. The Kier molecular flexibility index (Phi) is 4.24. The van der Waals surface area contributed by atoms with Crippen molar-refractivity contribution in [2.24, 2.45) is 0 Å². The van der Waals surface area contributed by atoms with E-state index >= 15 is 0 Å². The van der Waals surface area contributed by atoms with Gasteiger partial charge in [-0.2, -0.15) is 0 Å². The molecule has 0 bridgehead atoms. The number of carbonyl (C=O) groups is 1. The van der Waals surface area contributed by atoms with Crippen molar-refractivity contribution in [2.45, 2.75) is 13.0 Å². The van der Waals surface area contributed by atoms with Crippen LogP contribution in [0.15, 0.2) is 61.2 Å². The van der Waals surface area contributed by atoms with E-state index in [-0.39, 0.29) is 5.78 Å². The molecule has 23 heavy (non-hydrogen) atoms. The first-order valence-corrected chi connectivity index (χ1v) is 7.49. The van der Waals surface area contributed by atoms with Gasteiger partial charge in [-0.25, -0.2) is 4.98 Å². The lowest BCUT2D eigenvalue weighted by Gasteiger charge is -2.08. The summed E-state index contributed by atoms with van der Waals surface area (Å²) in [7, 11) is 1.59. The zero-order valence-electron chi connectivity index (χ0n) is 13.0. The van der Waals surface area contributed by atoms with Gasteiger partial charge in [0.25, 0.3) is 0 Å². The molecule has 3 aromatic rings. The molecular weight excluding hydrogens is 288 g/mol. The molecule has 4 nitrogen and oxygen atoms in total. The number of para-hydroxylation sites is 2. The minimum Gasteiger partial charge on any atom is -0.497 e. The van der Waals surface area contributed by atoms with Crippen molar-refractivity contribution >= 4 is 16.8 Å². The SMILES string of the molecule is C=CCCn1c(C(=O)c2cccc(OC)c2)nc2ccccc21. The molecule has 4 heteroatoms. The molecule has 0 N–H and O–H groups in total. The first-order chi connectivity index (χ1) is 11.2. The van der Waals surface area contributed by atoms with Crippen molar-refractivity contribution in [3.63, 3.8) is 0 Å². The second-order valence-corrected chi connectivity index (χ2v) is 5.21. The van der Waals surface area contributed by atoms with Crippen molar-refractivity contribution in [3.05, 3.63) is 72.6 Å². The number of carbonyl (C=O) groups excluding carboxylic acids is 1. The Morgan fingerprint density at radius 2 is 2.09 bits per heavy atom. The Morgan fingerprint density at radius 3 is 2.87 bits per heavy atom. The van der Waals surface area contributed by atoms with Gasteiger partial charge in [-0.05, 0) is 30.7 Å². The van der Waals surface area contributed by atoms with Crippen molar-refractivity contribution in [1.82, 2.24) is 9.55 Å². The number of ketones is 1. The van der Waals surface area contributed by atoms with Gasteiger partial charge in [-0.1, -0.05) is 30.3 Å². The van der Waals surface area contributed by atoms with Crippen LogP contribution >= 0.6 is 0 Å². The molecule has 116 valence electrons. The summed E-state index contributed by atoms with van der Waals surface area (Å²) in [5, 5.41) is 0. The Balaban J connectivity index is 2.10. The summed E-state index contributed by atoms with van der Waals surface area (Å²) in [6.45, 7) is 4.44.